The molecule has 0 aliphatic heterocycles. The van der Waals surface area contributed by atoms with Crippen molar-refractivity contribution in [1.29, 1.82) is 0 Å². The van der Waals surface area contributed by atoms with E-state index in [4.69, 9.17) is 34.3 Å². The lowest BCUT2D eigenvalue weighted by Gasteiger charge is -2.17. The van der Waals surface area contributed by atoms with E-state index in [0.29, 0.717) is 34.9 Å². The van der Waals surface area contributed by atoms with Crippen LogP contribution in [0, 0.1) is 0 Å². The van der Waals surface area contributed by atoms with Crippen LogP contribution < -0.4 is 0 Å². The summed E-state index contributed by atoms with van der Waals surface area (Å²) >= 11 is 0. The lowest BCUT2D eigenvalue weighted by atomic mass is 10.0. The van der Waals surface area contributed by atoms with E-state index in [2.05, 4.69) is 124 Å². The van der Waals surface area contributed by atoms with Crippen LogP contribution >= 0.6 is 0 Å². The fourth-order valence-electron chi connectivity index (χ4n) is 10.9. The number of nitrogens with zero attached hydrogens (tertiary/aromatic N) is 8. The Hall–Kier alpha value is -10.4. The summed E-state index contributed by atoms with van der Waals surface area (Å²) < 4.78 is 12.0. The van der Waals surface area contributed by atoms with Crippen molar-refractivity contribution in [2.45, 2.75) is 0 Å². The van der Waals surface area contributed by atoms with Gasteiger partial charge in [0.1, 0.15) is 11.2 Å². The lowest BCUT2D eigenvalue weighted by Crippen LogP contribution is -2.05. The van der Waals surface area contributed by atoms with Crippen molar-refractivity contribution in [2.24, 2.45) is 0 Å². The molecule has 9 heteroatoms. The highest BCUT2D eigenvalue weighted by molar-refractivity contribution is 6.39. The third-order valence-electron chi connectivity index (χ3n) is 14.2. The Balaban J connectivity index is 1.11. The summed E-state index contributed by atoms with van der Waals surface area (Å²) in [4.78, 5) is 31.5. The van der Waals surface area contributed by atoms with Crippen LogP contribution in [0.5, 0.6) is 0 Å². The minimum absolute atomic E-state index is 0.485. The van der Waals surface area contributed by atoms with E-state index in [1.165, 1.54) is 0 Å². The number of benzene rings is 10. The monoisotopic (exact) mass is 960 g/mol. The predicted molar refractivity (Wildman–Crippen MR) is 302 cm³/mol. The summed E-state index contributed by atoms with van der Waals surface area (Å²) in [5.74, 6) is 3.23. The third kappa shape index (κ3) is 6.86. The Morgan fingerprint density at radius 2 is 0.680 bits per heavy atom. The minimum Gasteiger partial charge on any atom is -0.455 e. The predicted octanol–water partition coefficient (Wildman–Crippen LogP) is 16.2. The van der Waals surface area contributed by atoms with Crippen LogP contribution in [0.15, 0.2) is 247 Å². The Morgan fingerprint density at radius 3 is 1.21 bits per heavy atom. The molecule has 350 valence electrons. The molecule has 0 saturated heterocycles. The molecule has 0 N–H and O–H groups in total. The number of rotatable bonds is 8. The molecule has 0 atom stereocenters. The van der Waals surface area contributed by atoms with Gasteiger partial charge >= 0.3 is 0 Å². The standard InChI is InChI=1S/C66H40N8O/c1-6-22-41(23-7-1)61-67-62(42-24-8-2-9-25-42)70-65(69-61)45-38-39-53(50(40-45)66-71-63(43-26-10-3-11-27-43)68-64(72-66)44-28-12-4-13-29-44)74-52-36-20-16-32-47(52)55-58-56(60-57(59(55)74)49-34-18-21-37-54(49)75-60)48-33-17-19-35-51(48)73(58)46-30-14-5-15-31-46/h1-40H. The minimum atomic E-state index is 0.485. The van der Waals surface area contributed by atoms with Crippen molar-refractivity contribution in [3.63, 3.8) is 0 Å². The molecular weight excluding hydrogens is 921 g/mol. The summed E-state index contributed by atoms with van der Waals surface area (Å²) in [5.41, 5.74) is 12.7. The highest BCUT2D eigenvalue weighted by Crippen LogP contribution is 2.50. The van der Waals surface area contributed by atoms with Gasteiger partial charge in [-0.1, -0.05) is 194 Å². The SMILES string of the molecule is c1ccc(-c2nc(-c3ccccc3)nc(-c3ccc(-n4c5ccccc5c5c6c(c7ccccc7n6-c6ccccc6)c6oc7ccccc7c6c54)c(-c4nc(-c5ccccc5)nc(-c5ccccc5)n4)c3)n2)cc1. The summed E-state index contributed by atoms with van der Waals surface area (Å²) in [6.07, 6.45) is 0. The number of furan rings is 1. The Morgan fingerprint density at radius 1 is 0.293 bits per heavy atom. The van der Waals surface area contributed by atoms with Gasteiger partial charge < -0.3 is 13.6 Å². The Kier molecular flexibility index (Phi) is 9.67. The molecule has 0 aliphatic carbocycles. The molecule has 0 fully saturated rings. The van der Waals surface area contributed by atoms with Gasteiger partial charge in [-0.25, -0.2) is 29.9 Å². The second-order valence-corrected chi connectivity index (χ2v) is 18.6. The normalized spacial score (nSPS) is 11.7. The largest absolute Gasteiger partial charge is 0.455 e. The molecule has 9 nitrogen and oxygen atoms in total. The first-order chi connectivity index (χ1) is 37.2. The van der Waals surface area contributed by atoms with Crippen LogP contribution in [-0.4, -0.2) is 39.0 Å². The fourth-order valence-corrected chi connectivity index (χ4v) is 10.9. The molecule has 5 heterocycles. The molecule has 75 heavy (non-hydrogen) atoms. The van der Waals surface area contributed by atoms with Gasteiger partial charge in [-0.2, -0.15) is 0 Å². The summed E-state index contributed by atoms with van der Waals surface area (Å²) in [7, 11) is 0. The number of para-hydroxylation sites is 4. The van der Waals surface area contributed by atoms with Crippen molar-refractivity contribution >= 4 is 65.6 Å². The van der Waals surface area contributed by atoms with Crippen molar-refractivity contribution < 1.29 is 4.42 Å². The van der Waals surface area contributed by atoms with Gasteiger partial charge in [0.15, 0.2) is 34.9 Å². The summed E-state index contributed by atoms with van der Waals surface area (Å²) in [6, 6.07) is 83.1. The van der Waals surface area contributed by atoms with Crippen LogP contribution in [-0.2, 0) is 0 Å². The maximum absolute atomic E-state index is 7.15. The van der Waals surface area contributed by atoms with Crippen LogP contribution in [0.2, 0.25) is 0 Å². The molecule has 15 rings (SSSR count). The van der Waals surface area contributed by atoms with E-state index in [1.807, 2.05) is 127 Å². The maximum atomic E-state index is 7.15. The number of fused-ring (bicyclic) bond motifs is 12. The van der Waals surface area contributed by atoms with Gasteiger partial charge in [0, 0.05) is 60.6 Å². The number of aromatic nitrogens is 8. The number of hydrogen-bond acceptors (Lipinski definition) is 7. The molecule has 5 aromatic heterocycles. The molecule has 0 amide bonds. The zero-order valence-electron chi connectivity index (χ0n) is 40.1. The zero-order chi connectivity index (χ0) is 49.4. The van der Waals surface area contributed by atoms with E-state index in [0.717, 1.165) is 110 Å². The van der Waals surface area contributed by atoms with E-state index in [-0.39, 0.29) is 0 Å². The quantitative estimate of drug-likeness (QED) is 0.149. The van der Waals surface area contributed by atoms with Gasteiger partial charge in [-0.3, -0.25) is 0 Å². The Bertz CT molecular complexity index is 4570. The van der Waals surface area contributed by atoms with E-state index in [9.17, 15) is 0 Å². The summed E-state index contributed by atoms with van der Waals surface area (Å²) in [6.45, 7) is 0. The third-order valence-corrected chi connectivity index (χ3v) is 14.2. The molecule has 0 aliphatic rings. The average molecular weight is 961 g/mol. The molecule has 0 spiro atoms. The van der Waals surface area contributed by atoms with E-state index < -0.39 is 0 Å². The highest BCUT2D eigenvalue weighted by atomic mass is 16.3. The van der Waals surface area contributed by atoms with Gasteiger partial charge in [0.2, 0.25) is 0 Å². The van der Waals surface area contributed by atoms with Gasteiger partial charge in [0.25, 0.3) is 0 Å². The molecule has 15 aromatic rings. The van der Waals surface area contributed by atoms with Gasteiger partial charge in [0.05, 0.1) is 38.5 Å². The maximum Gasteiger partial charge on any atom is 0.166 e. The van der Waals surface area contributed by atoms with Crippen molar-refractivity contribution in [1.82, 2.24) is 39.0 Å². The second-order valence-electron chi connectivity index (χ2n) is 18.6. The smallest absolute Gasteiger partial charge is 0.166 e. The van der Waals surface area contributed by atoms with E-state index >= 15 is 0 Å². The Labute approximate surface area is 429 Å². The first kappa shape index (κ1) is 42.3. The first-order valence-electron chi connectivity index (χ1n) is 25.0. The van der Waals surface area contributed by atoms with Crippen LogP contribution in [0.4, 0.5) is 0 Å². The molecule has 0 unspecified atom stereocenters. The lowest BCUT2D eigenvalue weighted by molar-refractivity contribution is 0.673. The molecule has 0 saturated carbocycles. The van der Waals surface area contributed by atoms with Crippen LogP contribution in [0.1, 0.15) is 0 Å². The molecular formula is C66H40N8O. The fraction of sp³-hybridized carbons (Fsp3) is 0. The summed E-state index contributed by atoms with van der Waals surface area (Å²) in [5, 5.41) is 6.38. The zero-order valence-corrected chi connectivity index (χ0v) is 40.1. The van der Waals surface area contributed by atoms with Gasteiger partial charge in [-0.15, -0.1) is 0 Å². The van der Waals surface area contributed by atoms with Crippen molar-refractivity contribution in [3.8, 4) is 79.7 Å². The first-order valence-corrected chi connectivity index (χ1v) is 25.0. The molecule has 0 radical (unpaired) electrons. The van der Waals surface area contributed by atoms with Crippen molar-refractivity contribution in [3.05, 3.63) is 243 Å². The van der Waals surface area contributed by atoms with E-state index in [1.54, 1.807) is 0 Å². The van der Waals surface area contributed by atoms with Crippen LogP contribution in [0.3, 0.4) is 0 Å². The number of hydrogen-bond donors (Lipinski definition) is 0. The average Bonchev–Trinajstić information content (AvgIpc) is 4.34. The van der Waals surface area contributed by atoms with Crippen molar-refractivity contribution in [2.75, 3.05) is 0 Å². The second kappa shape index (κ2) is 17.1. The van der Waals surface area contributed by atoms with Crippen LogP contribution in [0.25, 0.3) is 145 Å². The highest BCUT2D eigenvalue weighted by Gasteiger charge is 2.29. The molecule has 0 bridgehead atoms. The van der Waals surface area contributed by atoms with Gasteiger partial charge in [-0.05, 0) is 48.5 Å². The topological polar surface area (TPSA) is 100 Å². The molecule has 10 aromatic carbocycles.